The molecule has 1 saturated heterocycles. The van der Waals surface area contributed by atoms with Crippen LogP contribution in [0.25, 0.3) is 0 Å². The summed E-state index contributed by atoms with van der Waals surface area (Å²) in [6.45, 7) is 7.50. The Kier molecular flexibility index (Phi) is 4.22. The van der Waals surface area contributed by atoms with Gasteiger partial charge in [-0.25, -0.2) is 0 Å². The maximum atomic E-state index is 11.1. The monoisotopic (exact) mass is 185 g/mol. The molecule has 1 rings (SSSR count). The summed E-state index contributed by atoms with van der Waals surface area (Å²) in [6, 6.07) is 0. The summed E-state index contributed by atoms with van der Waals surface area (Å²) in [5.41, 5.74) is 0. The van der Waals surface area contributed by atoms with Crippen molar-refractivity contribution in [1.29, 1.82) is 0 Å². The Labute approximate surface area is 80.1 Å². The Morgan fingerprint density at radius 2 is 2.00 bits per heavy atom. The SMILES string of the molecule is CC(C)C(=O)OCCN1CCCC1. The van der Waals surface area contributed by atoms with Crippen LogP contribution in [-0.4, -0.2) is 37.1 Å². The average molecular weight is 185 g/mol. The Morgan fingerprint density at radius 3 is 2.54 bits per heavy atom. The van der Waals surface area contributed by atoms with Gasteiger partial charge in [-0.2, -0.15) is 0 Å². The Bertz CT molecular complexity index is 162. The number of hydrogen-bond acceptors (Lipinski definition) is 3. The maximum Gasteiger partial charge on any atom is 0.308 e. The van der Waals surface area contributed by atoms with Crippen LogP contribution in [0.1, 0.15) is 26.7 Å². The van der Waals surface area contributed by atoms with Crippen LogP contribution in [0.2, 0.25) is 0 Å². The molecule has 0 unspecified atom stereocenters. The van der Waals surface area contributed by atoms with Crippen molar-refractivity contribution >= 4 is 5.97 Å². The molecular formula is C10H19NO2. The van der Waals surface area contributed by atoms with E-state index in [4.69, 9.17) is 4.74 Å². The molecule has 3 heteroatoms. The minimum atomic E-state index is -0.0841. The van der Waals surface area contributed by atoms with Crippen molar-refractivity contribution < 1.29 is 9.53 Å². The predicted molar refractivity (Wildman–Crippen MR) is 51.5 cm³/mol. The van der Waals surface area contributed by atoms with E-state index in [-0.39, 0.29) is 11.9 Å². The molecule has 1 fully saturated rings. The van der Waals surface area contributed by atoms with Crippen LogP contribution >= 0.6 is 0 Å². The van der Waals surface area contributed by atoms with Gasteiger partial charge in [0.25, 0.3) is 0 Å². The van der Waals surface area contributed by atoms with Crippen molar-refractivity contribution in [2.75, 3.05) is 26.2 Å². The third-order valence-electron chi connectivity index (χ3n) is 2.32. The molecule has 0 spiro atoms. The van der Waals surface area contributed by atoms with Gasteiger partial charge >= 0.3 is 5.97 Å². The van der Waals surface area contributed by atoms with Crippen LogP contribution in [0, 0.1) is 5.92 Å². The first kappa shape index (κ1) is 10.5. The van der Waals surface area contributed by atoms with E-state index in [9.17, 15) is 4.79 Å². The molecule has 0 aromatic rings. The number of carbonyl (C=O) groups excluding carboxylic acids is 1. The predicted octanol–water partition coefficient (Wildman–Crippen LogP) is 1.28. The van der Waals surface area contributed by atoms with Gasteiger partial charge in [-0.05, 0) is 25.9 Å². The summed E-state index contributed by atoms with van der Waals surface area (Å²) in [4.78, 5) is 13.4. The van der Waals surface area contributed by atoms with E-state index in [1.807, 2.05) is 13.8 Å². The number of nitrogens with zero attached hydrogens (tertiary/aromatic N) is 1. The van der Waals surface area contributed by atoms with Crippen molar-refractivity contribution in [2.45, 2.75) is 26.7 Å². The average Bonchev–Trinajstić information content (AvgIpc) is 2.56. The lowest BCUT2D eigenvalue weighted by Gasteiger charge is -2.14. The molecule has 0 saturated carbocycles. The highest BCUT2D eigenvalue weighted by molar-refractivity contribution is 5.71. The van der Waals surface area contributed by atoms with Crippen LogP contribution in [-0.2, 0) is 9.53 Å². The Morgan fingerprint density at radius 1 is 1.38 bits per heavy atom. The van der Waals surface area contributed by atoms with Gasteiger partial charge in [-0.15, -0.1) is 0 Å². The van der Waals surface area contributed by atoms with Gasteiger partial charge in [-0.3, -0.25) is 9.69 Å². The van der Waals surface area contributed by atoms with Gasteiger partial charge in [0, 0.05) is 6.54 Å². The fraction of sp³-hybridized carbons (Fsp3) is 0.900. The number of rotatable bonds is 4. The Balaban J connectivity index is 2.03. The molecule has 3 nitrogen and oxygen atoms in total. The summed E-state index contributed by atoms with van der Waals surface area (Å²) in [6.07, 6.45) is 2.58. The molecule has 0 aliphatic carbocycles. The second-order valence-electron chi connectivity index (χ2n) is 3.87. The van der Waals surface area contributed by atoms with Crippen molar-refractivity contribution in [3.8, 4) is 0 Å². The molecule has 76 valence electrons. The van der Waals surface area contributed by atoms with E-state index in [0.29, 0.717) is 6.61 Å². The first-order valence-corrected chi connectivity index (χ1v) is 5.09. The molecule has 0 N–H and O–H groups in total. The Hall–Kier alpha value is -0.570. The first-order valence-electron chi connectivity index (χ1n) is 5.09. The number of likely N-dealkylation sites (tertiary alicyclic amines) is 1. The maximum absolute atomic E-state index is 11.1. The third-order valence-corrected chi connectivity index (χ3v) is 2.32. The summed E-state index contributed by atoms with van der Waals surface area (Å²) >= 11 is 0. The normalized spacial score (nSPS) is 18.1. The molecule has 0 amide bonds. The van der Waals surface area contributed by atoms with Crippen molar-refractivity contribution in [3.05, 3.63) is 0 Å². The molecule has 13 heavy (non-hydrogen) atoms. The lowest BCUT2D eigenvalue weighted by Crippen LogP contribution is -2.26. The van der Waals surface area contributed by atoms with Crippen LogP contribution in [0.3, 0.4) is 0 Å². The van der Waals surface area contributed by atoms with E-state index in [1.54, 1.807) is 0 Å². The second kappa shape index (κ2) is 5.22. The highest BCUT2D eigenvalue weighted by atomic mass is 16.5. The van der Waals surface area contributed by atoms with E-state index >= 15 is 0 Å². The number of hydrogen-bond donors (Lipinski definition) is 0. The lowest BCUT2D eigenvalue weighted by molar-refractivity contribution is -0.147. The van der Waals surface area contributed by atoms with E-state index in [1.165, 1.54) is 25.9 Å². The van der Waals surface area contributed by atoms with Gasteiger partial charge in [0.15, 0.2) is 0 Å². The van der Waals surface area contributed by atoms with Gasteiger partial charge in [0.2, 0.25) is 0 Å². The molecule has 1 aliphatic rings. The van der Waals surface area contributed by atoms with Crippen LogP contribution in [0.15, 0.2) is 0 Å². The fourth-order valence-electron chi connectivity index (χ4n) is 1.45. The smallest absolute Gasteiger partial charge is 0.308 e. The number of esters is 1. The molecule has 0 aromatic carbocycles. The van der Waals surface area contributed by atoms with Gasteiger partial charge in [0.05, 0.1) is 5.92 Å². The van der Waals surface area contributed by atoms with Gasteiger partial charge in [0.1, 0.15) is 6.61 Å². The van der Waals surface area contributed by atoms with E-state index < -0.39 is 0 Å². The molecule has 0 radical (unpaired) electrons. The standard InChI is InChI=1S/C10H19NO2/c1-9(2)10(12)13-8-7-11-5-3-4-6-11/h9H,3-8H2,1-2H3. The molecule has 1 heterocycles. The molecule has 0 aromatic heterocycles. The number of carbonyl (C=O) groups is 1. The summed E-state index contributed by atoms with van der Waals surface area (Å²) < 4.78 is 5.08. The zero-order valence-electron chi connectivity index (χ0n) is 8.58. The lowest BCUT2D eigenvalue weighted by atomic mass is 10.2. The zero-order valence-corrected chi connectivity index (χ0v) is 8.58. The third kappa shape index (κ3) is 3.77. The van der Waals surface area contributed by atoms with Crippen molar-refractivity contribution in [3.63, 3.8) is 0 Å². The summed E-state index contributed by atoms with van der Waals surface area (Å²) in [7, 11) is 0. The van der Waals surface area contributed by atoms with Crippen LogP contribution < -0.4 is 0 Å². The summed E-state index contributed by atoms with van der Waals surface area (Å²) in [5, 5.41) is 0. The summed E-state index contributed by atoms with van der Waals surface area (Å²) in [5.74, 6) is -0.0854. The minimum absolute atomic E-state index is 0.00132. The second-order valence-corrected chi connectivity index (χ2v) is 3.87. The zero-order chi connectivity index (χ0) is 9.68. The van der Waals surface area contributed by atoms with Crippen molar-refractivity contribution in [2.24, 2.45) is 5.92 Å². The highest BCUT2D eigenvalue weighted by Gasteiger charge is 2.12. The molecule has 1 aliphatic heterocycles. The van der Waals surface area contributed by atoms with E-state index in [2.05, 4.69) is 4.90 Å². The molecule has 0 atom stereocenters. The quantitative estimate of drug-likeness (QED) is 0.618. The van der Waals surface area contributed by atoms with Crippen LogP contribution in [0.5, 0.6) is 0 Å². The van der Waals surface area contributed by atoms with Crippen molar-refractivity contribution in [1.82, 2.24) is 4.90 Å². The minimum Gasteiger partial charge on any atom is -0.464 e. The highest BCUT2D eigenvalue weighted by Crippen LogP contribution is 2.06. The molecular weight excluding hydrogens is 166 g/mol. The first-order chi connectivity index (χ1) is 6.20. The van der Waals surface area contributed by atoms with Gasteiger partial charge in [-0.1, -0.05) is 13.8 Å². The topological polar surface area (TPSA) is 29.5 Å². The fourth-order valence-corrected chi connectivity index (χ4v) is 1.45. The van der Waals surface area contributed by atoms with Crippen LogP contribution in [0.4, 0.5) is 0 Å². The number of ether oxygens (including phenoxy) is 1. The largest absolute Gasteiger partial charge is 0.464 e. The molecule has 0 bridgehead atoms. The van der Waals surface area contributed by atoms with E-state index in [0.717, 1.165) is 6.54 Å². The van der Waals surface area contributed by atoms with Gasteiger partial charge < -0.3 is 4.74 Å².